The second kappa shape index (κ2) is 9.68. The third kappa shape index (κ3) is 5.66. The van der Waals surface area contributed by atoms with Crippen molar-refractivity contribution in [3.63, 3.8) is 0 Å². The Labute approximate surface area is 174 Å². The van der Waals surface area contributed by atoms with E-state index in [2.05, 4.69) is 37.1 Å². The molecule has 0 spiro atoms. The zero-order valence-corrected chi connectivity index (χ0v) is 18.4. The number of nitrogens with zero attached hydrogens (tertiary/aromatic N) is 3. The van der Waals surface area contributed by atoms with Gasteiger partial charge in [-0.1, -0.05) is 12.1 Å². The number of carbonyl (C=O) groups excluding carboxylic acids is 1. The number of benzene rings is 1. The summed E-state index contributed by atoms with van der Waals surface area (Å²) in [4.78, 5) is 22.0. The molecule has 0 radical (unpaired) electrons. The number of nitrogens with one attached hydrogen (secondary N) is 1. The lowest BCUT2D eigenvalue weighted by molar-refractivity contribution is 0.0724. The first-order valence-electron chi connectivity index (χ1n) is 10.5. The molecule has 154 valence electrons. The smallest absolute Gasteiger partial charge is 0.253 e. The van der Waals surface area contributed by atoms with E-state index in [1.54, 1.807) is 0 Å². The Hall–Kier alpha value is -1.69. The number of thioether (sulfide) groups is 1. The number of carbonyl (C=O) groups is 1. The molecule has 0 bridgehead atoms. The van der Waals surface area contributed by atoms with Crippen molar-refractivity contribution in [2.24, 2.45) is 4.99 Å². The lowest BCUT2D eigenvalue weighted by atomic mass is 10.1. The van der Waals surface area contributed by atoms with Crippen LogP contribution in [0.3, 0.4) is 0 Å². The number of piperidine rings is 1. The summed E-state index contributed by atoms with van der Waals surface area (Å²) in [6, 6.07) is 7.99. The van der Waals surface area contributed by atoms with Crippen molar-refractivity contribution in [1.82, 2.24) is 15.1 Å². The van der Waals surface area contributed by atoms with Crippen LogP contribution in [0, 0.1) is 0 Å². The fraction of sp³-hybridized carbons (Fsp3) is 0.636. The highest BCUT2D eigenvalue weighted by Crippen LogP contribution is 2.29. The molecule has 1 N–H and O–H groups in total. The molecule has 1 aromatic rings. The third-order valence-electron chi connectivity index (χ3n) is 5.29. The Balaban J connectivity index is 1.69. The van der Waals surface area contributed by atoms with Gasteiger partial charge in [-0.05, 0) is 57.7 Å². The highest BCUT2D eigenvalue weighted by molar-refractivity contribution is 8.00. The van der Waals surface area contributed by atoms with E-state index in [0.29, 0.717) is 6.54 Å². The largest absolute Gasteiger partial charge is 0.357 e. The van der Waals surface area contributed by atoms with Gasteiger partial charge in [0, 0.05) is 48.8 Å². The first kappa shape index (κ1) is 21.0. The second-order valence-corrected chi connectivity index (χ2v) is 10.1. The summed E-state index contributed by atoms with van der Waals surface area (Å²) in [5.41, 5.74) is 1.87. The van der Waals surface area contributed by atoms with E-state index in [9.17, 15) is 4.79 Å². The second-order valence-electron chi connectivity index (χ2n) is 8.25. The monoisotopic (exact) mass is 402 g/mol. The topological polar surface area (TPSA) is 47.9 Å². The molecule has 0 aliphatic carbocycles. The molecule has 1 amide bonds. The van der Waals surface area contributed by atoms with Gasteiger partial charge in [0.15, 0.2) is 5.96 Å². The number of amides is 1. The van der Waals surface area contributed by atoms with E-state index in [0.717, 1.165) is 68.4 Å². The van der Waals surface area contributed by atoms with Crippen LogP contribution in [0.5, 0.6) is 0 Å². The molecule has 5 nitrogen and oxygen atoms in total. The SMILES string of the molecule is CCNC(=NCc1cccc(C(=O)N2CCCCC2)c1)N1CCSC(C)(C)C1. The van der Waals surface area contributed by atoms with Crippen LogP contribution >= 0.6 is 11.8 Å². The number of guanidine groups is 1. The van der Waals surface area contributed by atoms with Gasteiger partial charge in [0.05, 0.1) is 6.54 Å². The molecule has 3 rings (SSSR count). The average Bonchev–Trinajstić information content (AvgIpc) is 2.70. The van der Waals surface area contributed by atoms with Gasteiger partial charge in [-0.3, -0.25) is 4.79 Å². The predicted molar refractivity (Wildman–Crippen MR) is 119 cm³/mol. The summed E-state index contributed by atoms with van der Waals surface area (Å²) in [5.74, 6) is 2.26. The van der Waals surface area contributed by atoms with Gasteiger partial charge in [-0.25, -0.2) is 4.99 Å². The van der Waals surface area contributed by atoms with E-state index in [1.165, 1.54) is 6.42 Å². The van der Waals surface area contributed by atoms with Crippen molar-refractivity contribution < 1.29 is 4.79 Å². The summed E-state index contributed by atoms with van der Waals surface area (Å²) in [6.45, 7) is 11.9. The fourth-order valence-electron chi connectivity index (χ4n) is 3.87. The minimum Gasteiger partial charge on any atom is -0.357 e. The summed E-state index contributed by atoms with van der Waals surface area (Å²) in [7, 11) is 0. The van der Waals surface area contributed by atoms with E-state index >= 15 is 0 Å². The van der Waals surface area contributed by atoms with E-state index in [-0.39, 0.29) is 10.7 Å². The van der Waals surface area contributed by atoms with Crippen LogP contribution in [-0.4, -0.2) is 64.9 Å². The number of aliphatic imine (C=N–C) groups is 1. The van der Waals surface area contributed by atoms with Crippen molar-refractivity contribution in [1.29, 1.82) is 0 Å². The Morgan fingerprint density at radius 3 is 2.68 bits per heavy atom. The minimum absolute atomic E-state index is 0.159. The molecule has 2 saturated heterocycles. The maximum atomic E-state index is 12.8. The molecule has 1 aromatic carbocycles. The highest BCUT2D eigenvalue weighted by Gasteiger charge is 2.28. The average molecular weight is 403 g/mol. The van der Waals surface area contributed by atoms with Gasteiger partial charge < -0.3 is 15.1 Å². The molecule has 0 saturated carbocycles. The lowest BCUT2D eigenvalue weighted by Gasteiger charge is -2.39. The summed E-state index contributed by atoms with van der Waals surface area (Å²) >= 11 is 2.03. The quantitative estimate of drug-likeness (QED) is 0.617. The van der Waals surface area contributed by atoms with Crippen LogP contribution in [0.15, 0.2) is 29.3 Å². The molecule has 6 heteroatoms. The number of hydrogen-bond acceptors (Lipinski definition) is 3. The molecule has 0 unspecified atom stereocenters. The third-order valence-corrected chi connectivity index (χ3v) is 6.59. The van der Waals surface area contributed by atoms with Crippen LogP contribution < -0.4 is 5.32 Å². The molecule has 2 aliphatic rings. The maximum Gasteiger partial charge on any atom is 0.253 e. The number of rotatable bonds is 4. The van der Waals surface area contributed by atoms with Gasteiger partial charge in [-0.15, -0.1) is 0 Å². The van der Waals surface area contributed by atoms with E-state index < -0.39 is 0 Å². The first-order valence-corrected chi connectivity index (χ1v) is 11.5. The maximum absolute atomic E-state index is 12.8. The van der Waals surface area contributed by atoms with E-state index in [4.69, 9.17) is 4.99 Å². The molecule has 28 heavy (non-hydrogen) atoms. The standard InChI is InChI=1S/C22H34N4OS/c1-4-23-21(26-13-14-28-22(2,3)17-26)24-16-18-9-8-10-19(15-18)20(27)25-11-6-5-7-12-25/h8-10,15H,4-7,11-14,16-17H2,1-3H3,(H,23,24). The fourth-order valence-corrected chi connectivity index (χ4v) is 4.98. The molecule has 2 fully saturated rings. The van der Waals surface area contributed by atoms with E-state index in [1.807, 2.05) is 34.9 Å². The Bertz CT molecular complexity index is 698. The van der Waals surface area contributed by atoms with Crippen molar-refractivity contribution in [2.75, 3.05) is 38.5 Å². The van der Waals surface area contributed by atoms with Gasteiger partial charge in [0.1, 0.15) is 0 Å². The van der Waals surface area contributed by atoms with Gasteiger partial charge in [0.2, 0.25) is 0 Å². The number of likely N-dealkylation sites (tertiary alicyclic amines) is 1. The molecule has 2 heterocycles. The lowest BCUT2D eigenvalue weighted by Crippen LogP contribution is -2.50. The first-order chi connectivity index (χ1) is 13.5. The minimum atomic E-state index is 0.159. The molecular weight excluding hydrogens is 368 g/mol. The predicted octanol–water partition coefficient (Wildman–Crippen LogP) is 3.61. The van der Waals surface area contributed by atoms with Crippen LogP contribution in [0.1, 0.15) is 56.0 Å². The molecule has 0 aromatic heterocycles. The van der Waals surface area contributed by atoms with Crippen molar-refractivity contribution in [2.45, 2.75) is 51.3 Å². The normalized spacial score (nSPS) is 20.2. The summed E-state index contributed by atoms with van der Waals surface area (Å²) in [6.07, 6.45) is 3.47. The van der Waals surface area contributed by atoms with Crippen molar-refractivity contribution in [3.05, 3.63) is 35.4 Å². The zero-order valence-electron chi connectivity index (χ0n) is 17.5. The van der Waals surface area contributed by atoms with Gasteiger partial charge >= 0.3 is 0 Å². The molecular formula is C22H34N4OS. The van der Waals surface area contributed by atoms with Crippen LogP contribution in [0.25, 0.3) is 0 Å². The van der Waals surface area contributed by atoms with Gasteiger partial charge in [0.25, 0.3) is 5.91 Å². The number of hydrogen-bond donors (Lipinski definition) is 1. The van der Waals surface area contributed by atoms with Crippen molar-refractivity contribution in [3.8, 4) is 0 Å². The summed E-state index contributed by atoms with van der Waals surface area (Å²) < 4.78 is 0.245. The highest BCUT2D eigenvalue weighted by atomic mass is 32.2. The zero-order chi connectivity index (χ0) is 20.0. The summed E-state index contributed by atoms with van der Waals surface area (Å²) in [5, 5.41) is 3.44. The molecule has 2 aliphatic heterocycles. The Morgan fingerprint density at radius 1 is 1.18 bits per heavy atom. The van der Waals surface area contributed by atoms with Crippen molar-refractivity contribution >= 4 is 23.6 Å². The Kier molecular flexibility index (Phi) is 7.27. The van der Waals surface area contributed by atoms with Crippen LogP contribution in [-0.2, 0) is 6.54 Å². The molecule has 0 atom stereocenters. The Morgan fingerprint density at radius 2 is 1.96 bits per heavy atom. The van der Waals surface area contributed by atoms with Gasteiger partial charge in [-0.2, -0.15) is 11.8 Å². The van der Waals surface area contributed by atoms with Crippen LogP contribution in [0.4, 0.5) is 0 Å². The van der Waals surface area contributed by atoms with Crippen LogP contribution in [0.2, 0.25) is 0 Å².